The standard InChI is InChI=1S/C11H21NO4S/c1-8(6-17-4)10(15)12-11(2,7-16-3)5-9(13)14/h8H,5-7H2,1-4H3,(H,12,15)(H,13,14). The summed E-state index contributed by atoms with van der Waals surface area (Å²) in [6.45, 7) is 3.67. The number of aliphatic carboxylic acids is 1. The summed E-state index contributed by atoms with van der Waals surface area (Å²) in [7, 11) is 1.48. The van der Waals surface area contributed by atoms with E-state index in [1.807, 2.05) is 13.2 Å². The summed E-state index contributed by atoms with van der Waals surface area (Å²) in [5.74, 6) is -0.528. The van der Waals surface area contributed by atoms with Crippen LogP contribution in [-0.4, -0.2) is 48.2 Å². The van der Waals surface area contributed by atoms with Crippen LogP contribution in [0.25, 0.3) is 0 Å². The minimum atomic E-state index is -0.956. The highest BCUT2D eigenvalue weighted by Crippen LogP contribution is 2.13. The Labute approximate surface area is 106 Å². The van der Waals surface area contributed by atoms with Crippen molar-refractivity contribution < 1.29 is 19.4 Å². The third-order valence-electron chi connectivity index (χ3n) is 2.29. The molecule has 5 nitrogen and oxygen atoms in total. The fraction of sp³-hybridized carbons (Fsp3) is 0.818. The minimum absolute atomic E-state index is 0.139. The van der Waals surface area contributed by atoms with Gasteiger partial charge in [-0.2, -0.15) is 11.8 Å². The topological polar surface area (TPSA) is 75.6 Å². The molecule has 0 spiro atoms. The molecule has 2 unspecified atom stereocenters. The summed E-state index contributed by atoms with van der Waals surface area (Å²) in [6, 6.07) is 0. The third-order valence-corrected chi connectivity index (χ3v) is 3.13. The van der Waals surface area contributed by atoms with Gasteiger partial charge in [-0.3, -0.25) is 9.59 Å². The lowest BCUT2D eigenvalue weighted by Gasteiger charge is -2.29. The first-order valence-corrected chi connectivity index (χ1v) is 6.75. The largest absolute Gasteiger partial charge is 0.481 e. The van der Waals surface area contributed by atoms with Gasteiger partial charge in [0.1, 0.15) is 0 Å². The summed E-state index contributed by atoms with van der Waals surface area (Å²) in [5.41, 5.74) is -0.857. The molecule has 100 valence electrons. The van der Waals surface area contributed by atoms with Gasteiger partial charge in [0.25, 0.3) is 0 Å². The van der Waals surface area contributed by atoms with Crippen molar-refractivity contribution in [3.63, 3.8) is 0 Å². The van der Waals surface area contributed by atoms with E-state index in [1.54, 1.807) is 18.7 Å². The Kier molecular flexibility index (Phi) is 7.22. The lowest BCUT2D eigenvalue weighted by atomic mass is 9.98. The van der Waals surface area contributed by atoms with Crippen molar-refractivity contribution in [2.75, 3.05) is 25.7 Å². The molecule has 0 aromatic carbocycles. The molecule has 0 heterocycles. The summed E-state index contributed by atoms with van der Waals surface area (Å²) in [6.07, 6.45) is 1.77. The number of nitrogens with one attached hydrogen (secondary N) is 1. The van der Waals surface area contributed by atoms with E-state index < -0.39 is 11.5 Å². The van der Waals surface area contributed by atoms with Crippen molar-refractivity contribution in [3.05, 3.63) is 0 Å². The van der Waals surface area contributed by atoms with Crippen LogP contribution in [0.15, 0.2) is 0 Å². The monoisotopic (exact) mass is 263 g/mol. The maximum absolute atomic E-state index is 11.8. The molecule has 0 aromatic heterocycles. The summed E-state index contributed by atoms with van der Waals surface area (Å²) in [5, 5.41) is 11.6. The predicted octanol–water partition coefficient (Wildman–Crippen LogP) is 0.982. The van der Waals surface area contributed by atoms with Gasteiger partial charge < -0.3 is 15.2 Å². The van der Waals surface area contributed by atoms with Crippen LogP contribution in [0, 0.1) is 5.92 Å². The number of methoxy groups -OCH3 is 1. The van der Waals surface area contributed by atoms with Crippen molar-refractivity contribution in [3.8, 4) is 0 Å². The van der Waals surface area contributed by atoms with E-state index >= 15 is 0 Å². The fourth-order valence-electron chi connectivity index (χ4n) is 1.53. The number of amides is 1. The van der Waals surface area contributed by atoms with Gasteiger partial charge in [0.15, 0.2) is 0 Å². The van der Waals surface area contributed by atoms with Gasteiger partial charge in [-0.1, -0.05) is 6.92 Å². The number of thioether (sulfide) groups is 1. The lowest BCUT2D eigenvalue weighted by Crippen LogP contribution is -2.52. The van der Waals surface area contributed by atoms with Crippen LogP contribution in [0.3, 0.4) is 0 Å². The van der Waals surface area contributed by atoms with Gasteiger partial charge in [0, 0.05) is 18.8 Å². The Morgan fingerprint density at radius 1 is 1.53 bits per heavy atom. The van der Waals surface area contributed by atoms with Crippen molar-refractivity contribution in [1.82, 2.24) is 5.32 Å². The Morgan fingerprint density at radius 3 is 2.53 bits per heavy atom. The average Bonchev–Trinajstić information content (AvgIpc) is 2.16. The number of ether oxygens (including phenoxy) is 1. The Morgan fingerprint density at radius 2 is 2.12 bits per heavy atom. The smallest absolute Gasteiger partial charge is 0.305 e. The first-order chi connectivity index (χ1) is 7.84. The zero-order valence-electron chi connectivity index (χ0n) is 10.8. The van der Waals surface area contributed by atoms with E-state index in [1.165, 1.54) is 7.11 Å². The molecular weight excluding hydrogens is 242 g/mol. The predicted molar refractivity (Wildman–Crippen MR) is 68.2 cm³/mol. The summed E-state index contributed by atoms with van der Waals surface area (Å²) in [4.78, 5) is 22.6. The second kappa shape index (κ2) is 7.55. The number of hydrogen-bond acceptors (Lipinski definition) is 4. The molecule has 17 heavy (non-hydrogen) atoms. The molecule has 0 aliphatic rings. The van der Waals surface area contributed by atoms with Crippen molar-refractivity contribution in [2.24, 2.45) is 5.92 Å². The number of carboxylic acids is 1. The number of hydrogen-bond donors (Lipinski definition) is 2. The molecule has 2 N–H and O–H groups in total. The SMILES string of the molecule is COCC(C)(CC(=O)O)NC(=O)C(C)CSC. The van der Waals surface area contributed by atoms with Gasteiger partial charge in [-0.25, -0.2) is 0 Å². The molecule has 0 aliphatic heterocycles. The van der Waals surface area contributed by atoms with Gasteiger partial charge in [-0.05, 0) is 13.2 Å². The zero-order chi connectivity index (χ0) is 13.5. The molecule has 2 atom stereocenters. The van der Waals surface area contributed by atoms with Gasteiger partial charge in [0.05, 0.1) is 18.6 Å². The molecule has 0 fully saturated rings. The maximum Gasteiger partial charge on any atom is 0.305 e. The summed E-state index contributed by atoms with van der Waals surface area (Å²) >= 11 is 1.58. The van der Waals surface area contributed by atoms with Crippen LogP contribution in [0.1, 0.15) is 20.3 Å². The number of carbonyl (C=O) groups excluding carboxylic acids is 1. The molecule has 0 radical (unpaired) electrons. The Hall–Kier alpha value is -0.750. The third kappa shape index (κ3) is 6.53. The average molecular weight is 263 g/mol. The zero-order valence-corrected chi connectivity index (χ0v) is 11.6. The van der Waals surface area contributed by atoms with Crippen LogP contribution in [0.5, 0.6) is 0 Å². The molecule has 0 saturated carbocycles. The molecule has 6 heteroatoms. The van der Waals surface area contributed by atoms with Gasteiger partial charge in [-0.15, -0.1) is 0 Å². The number of carboxylic acid groups (broad SMARTS) is 1. The first-order valence-electron chi connectivity index (χ1n) is 5.36. The van der Waals surface area contributed by atoms with Crippen molar-refractivity contribution >= 4 is 23.6 Å². The molecule has 0 bridgehead atoms. The van der Waals surface area contributed by atoms with Crippen LogP contribution in [0.4, 0.5) is 0 Å². The fourth-order valence-corrected chi connectivity index (χ4v) is 2.18. The van der Waals surface area contributed by atoms with E-state index in [0.717, 1.165) is 0 Å². The quantitative estimate of drug-likeness (QED) is 0.683. The van der Waals surface area contributed by atoms with E-state index in [4.69, 9.17) is 9.84 Å². The maximum atomic E-state index is 11.8. The van der Waals surface area contributed by atoms with Crippen LogP contribution in [-0.2, 0) is 14.3 Å². The molecule has 1 amide bonds. The molecular formula is C11H21NO4S. The first kappa shape index (κ1) is 16.2. The van der Waals surface area contributed by atoms with E-state index in [2.05, 4.69) is 5.32 Å². The second-order valence-electron chi connectivity index (χ2n) is 4.41. The molecule has 0 aliphatic carbocycles. The van der Waals surface area contributed by atoms with E-state index in [9.17, 15) is 9.59 Å². The van der Waals surface area contributed by atoms with Crippen LogP contribution in [0.2, 0.25) is 0 Å². The molecule has 0 rings (SSSR count). The number of carbonyl (C=O) groups is 2. The normalized spacial score (nSPS) is 16.0. The van der Waals surface area contributed by atoms with Gasteiger partial charge in [0.2, 0.25) is 5.91 Å². The highest BCUT2D eigenvalue weighted by atomic mass is 32.2. The van der Waals surface area contributed by atoms with Crippen molar-refractivity contribution in [2.45, 2.75) is 25.8 Å². The van der Waals surface area contributed by atoms with Gasteiger partial charge >= 0.3 is 5.97 Å². The van der Waals surface area contributed by atoms with Crippen LogP contribution < -0.4 is 5.32 Å². The molecule has 0 saturated heterocycles. The highest BCUT2D eigenvalue weighted by Gasteiger charge is 2.30. The van der Waals surface area contributed by atoms with E-state index in [-0.39, 0.29) is 24.9 Å². The van der Waals surface area contributed by atoms with Crippen molar-refractivity contribution in [1.29, 1.82) is 0 Å². The van der Waals surface area contributed by atoms with E-state index in [0.29, 0.717) is 5.75 Å². The minimum Gasteiger partial charge on any atom is -0.481 e. The highest BCUT2D eigenvalue weighted by molar-refractivity contribution is 7.98. The van der Waals surface area contributed by atoms with Crippen LogP contribution >= 0.6 is 11.8 Å². The Bertz CT molecular complexity index is 272. The second-order valence-corrected chi connectivity index (χ2v) is 5.32. The molecule has 0 aromatic rings. The lowest BCUT2D eigenvalue weighted by molar-refractivity contribution is -0.140. The Balaban J connectivity index is 4.52. The summed E-state index contributed by atoms with van der Waals surface area (Å²) < 4.78 is 4.97. The number of rotatable bonds is 8.